The quantitative estimate of drug-likeness (QED) is 0.806. The molecule has 1 rings (SSSR count). The van der Waals surface area contributed by atoms with E-state index in [1.54, 1.807) is 26.4 Å². The molecule has 0 saturated carbocycles. The van der Waals surface area contributed by atoms with Crippen LogP contribution in [0.5, 0.6) is 17.2 Å². The lowest BCUT2D eigenvalue weighted by molar-refractivity contribution is 0.373. The number of phenols is 1. The predicted octanol–water partition coefficient (Wildman–Crippen LogP) is 2.21. The summed E-state index contributed by atoms with van der Waals surface area (Å²) in [5.41, 5.74) is 6.64. The molecule has 1 aromatic carbocycles. The Balaban J connectivity index is 3.15. The van der Waals surface area contributed by atoms with E-state index in [0.29, 0.717) is 17.1 Å². The van der Waals surface area contributed by atoms with Gasteiger partial charge in [-0.1, -0.05) is 13.3 Å². The Kier molecular flexibility index (Phi) is 4.43. The largest absolute Gasteiger partial charge is 0.507 e. The molecule has 0 heterocycles. The fourth-order valence-corrected chi connectivity index (χ4v) is 1.70. The highest BCUT2D eigenvalue weighted by molar-refractivity contribution is 5.51. The molecule has 0 fully saturated rings. The van der Waals surface area contributed by atoms with Gasteiger partial charge in [0.05, 0.1) is 19.8 Å². The summed E-state index contributed by atoms with van der Waals surface area (Å²) in [6, 6.07) is 3.06. The third-order valence-electron chi connectivity index (χ3n) is 2.52. The summed E-state index contributed by atoms with van der Waals surface area (Å²) in [4.78, 5) is 0. The molecule has 0 amide bonds. The van der Waals surface area contributed by atoms with E-state index in [-0.39, 0.29) is 11.8 Å². The first kappa shape index (κ1) is 12.6. The first-order chi connectivity index (χ1) is 7.63. The van der Waals surface area contributed by atoms with Crippen LogP contribution in [0.25, 0.3) is 0 Å². The first-order valence-electron chi connectivity index (χ1n) is 5.34. The molecule has 0 aromatic heterocycles. The molecule has 16 heavy (non-hydrogen) atoms. The van der Waals surface area contributed by atoms with Crippen molar-refractivity contribution in [1.29, 1.82) is 0 Å². The van der Waals surface area contributed by atoms with Crippen molar-refractivity contribution in [3.8, 4) is 17.2 Å². The Hall–Kier alpha value is -1.42. The zero-order valence-corrected chi connectivity index (χ0v) is 9.99. The zero-order valence-electron chi connectivity index (χ0n) is 9.99. The van der Waals surface area contributed by atoms with Crippen molar-refractivity contribution in [1.82, 2.24) is 0 Å². The van der Waals surface area contributed by atoms with Gasteiger partial charge >= 0.3 is 0 Å². The maximum Gasteiger partial charge on any atom is 0.131 e. The Labute approximate surface area is 96.0 Å². The molecular weight excluding hydrogens is 206 g/mol. The topological polar surface area (TPSA) is 64.7 Å². The average Bonchev–Trinajstić information content (AvgIpc) is 2.27. The Morgan fingerprint density at radius 1 is 1.31 bits per heavy atom. The van der Waals surface area contributed by atoms with Gasteiger partial charge in [-0.3, -0.25) is 0 Å². The number of rotatable bonds is 5. The third kappa shape index (κ3) is 2.58. The smallest absolute Gasteiger partial charge is 0.131 e. The van der Waals surface area contributed by atoms with Gasteiger partial charge in [-0.05, 0) is 6.42 Å². The molecule has 3 N–H and O–H groups in total. The van der Waals surface area contributed by atoms with Crippen LogP contribution in [0.4, 0.5) is 0 Å². The molecule has 0 radical (unpaired) electrons. The van der Waals surface area contributed by atoms with Gasteiger partial charge < -0.3 is 20.3 Å². The number of hydrogen-bond donors (Lipinski definition) is 2. The van der Waals surface area contributed by atoms with Crippen molar-refractivity contribution in [3.05, 3.63) is 17.7 Å². The Morgan fingerprint density at radius 2 is 2.00 bits per heavy atom. The highest BCUT2D eigenvalue weighted by Gasteiger charge is 2.17. The van der Waals surface area contributed by atoms with Gasteiger partial charge in [-0.2, -0.15) is 0 Å². The average molecular weight is 225 g/mol. The van der Waals surface area contributed by atoms with Gasteiger partial charge in [0.15, 0.2) is 0 Å². The fraction of sp³-hybridized carbons (Fsp3) is 0.500. The van der Waals surface area contributed by atoms with Crippen LogP contribution in [-0.2, 0) is 0 Å². The van der Waals surface area contributed by atoms with Gasteiger partial charge in [0.1, 0.15) is 17.2 Å². The van der Waals surface area contributed by atoms with Crippen LogP contribution in [0.3, 0.4) is 0 Å². The predicted molar refractivity (Wildman–Crippen MR) is 63.0 cm³/mol. The maximum absolute atomic E-state index is 9.89. The van der Waals surface area contributed by atoms with Crippen molar-refractivity contribution in [2.45, 2.75) is 25.8 Å². The fourth-order valence-electron chi connectivity index (χ4n) is 1.70. The minimum atomic E-state index is -0.217. The van der Waals surface area contributed by atoms with E-state index in [0.717, 1.165) is 12.8 Å². The molecule has 1 aromatic rings. The van der Waals surface area contributed by atoms with Gasteiger partial charge in [0.25, 0.3) is 0 Å². The minimum Gasteiger partial charge on any atom is -0.507 e. The minimum absolute atomic E-state index is 0.122. The number of hydrogen-bond acceptors (Lipinski definition) is 4. The summed E-state index contributed by atoms with van der Waals surface area (Å²) in [6.45, 7) is 2.05. The monoisotopic (exact) mass is 225 g/mol. The van der Waals surface area contributed by atoms with Gasteiger partial charge in [-0.15, -0.1) is 0 Å². The van der Waals surface area contributed by atoms with E-state index in [4.69, 9.17) is 15.2 Å². The summed E-state index contributed by atoms with van der Waals surface area (Å²) in [7, 11) is 3.09. The number of methoxy groups -OCH3 is 2. The van der Waals surface area contributed by atoms with Gasteiger partial charge in [0.2, 0.25) is 0 Å². The van der Waals surface area contributed by atoms with Crippen LogP contribution in [0.15, 0.2) is 12.1 Å². The standard InChI is InChI=1S/C12H19NO3/c1-4-5-9(13)12-10(14)6-8(15-2)7-11(12)16-3/h6-7,9,14H,4-5,13H2,1-3H3/t9-/m0/s1. The lowest BCUT2D eigenvalue weighted by atomic mass is 10.0. The summed E-state index contributed by atoms with van der Waals surface area (Å²) in [5, 5.41) is 9.89. The normalized spacial score (nSPS) is 12.2. The molecule has 0 saturated heterocycles. The molecule has 1 atom stereocenters. The summed E-state index contributed by atoms with van der Waals surface area (Å²) < 4.78 is 10.3. The van der Waals surface area contributed by atoms with Crippen LogP contribution < -0.4 is 15.2 Å². The highest BCUT2D eigenvalue weighted by atomic mass is 16.5. The first-order valence-corrected chi connectivity index (χ1v) is 5.34. The molecule has 0 aliphatic heterocycles. The lowest BCUT2D eigenvalue weighted by Gasteiger charge is -2.17. The summed E-state index contributed by atoms with van der Waals surface area (Å²) in [6.07, 6.45) is 1.76. The Bertz CT molecular complexity index is 352. The second kappa shape index (κ2) is 5.61. The van der Waals surface area contributed by atoms with E-state index in [2.05, 4.69) is 0 Å². The molecule has 0 bridgehead atoms. The molecule has 90 valence electrons. The van der Waals surface area contributed by atoms with E-state index in [1.165, 1.54) is 0 Å². The van der Waals surface area contributed by atoms with Crippen molar-refractivity contribution in [3.63, 3.8) is 0 Å². The maximum atomic E-state index is 9.89. The number of phenolic OH excluding ortho intramolecular Hbond substituents is 1. The molecule has 0 aliphatic carbocycles. The van der Waals surface area contributed by atoms with Crippen molar-refractivity contribution < 1.29 is 14.6 Å². The van der Waals surface area contributed by atoms with E-state index in [1.807, 2.05) is 6.92 Å². The SMILES string of the molecule is CCC[C@H](N)c1c(O)cc(OC)cc1OC. The van der Waals surface area contributed by atoms with Crippen LogP contribution in [-0.4, -0.2) is 19.3 Å². The molecular formula is C12H19NO3. The zero-order chi connectivity index (χ0) is 12.1. The van der Waals surface area contributed by atoms with Gasteiger partial charge in [-0.25, -0.2) is 0 Å². The Morgan fingerprint density at radius 3 is 2.50 bits per heavy atom. The van der Waals surface area contributed by atoms with Gasteiger partial charge in [0, 0.05) is 18.2 Å². The molecule has 4 heteroatoms. The van der Waals surface area contributed by atoms with Crippen LogP contribution in [0.2, 0.25) is 0 Å². The van der Waals surface area contributed by atoms with Crippen molar-refractivity contribution in [2.24, 2.45) is 5.73 Å². The van der Waals surface area contributed by atoms with E-state index in [9.17, 15) is 5.11 Å². The van der Waals surface area contributed by atoms with Crippen LogP contribution in [0.1, 0.15) is 31.4 Å². The summed E-state index contributed by atoms with van der Waals surface area (Å²) in [5.74, 6) is 1.25. The van der Waals surface area contributed by atoms with Crippen LogP contribution >= 0.6 is 0 Å². The van der Waals surface area contributed by atoms with Crippen molar-refractivity contribution in [2.75, 3.05) is 14.2 Å². The van der Waals surface area contributed by atoms with Crippen molar-refractivity contribution >= 4 is 0 Å². The summed E-state index contributed by atoms with van der Waals surface area (Å²) >= 11 is 0. The third-order valence-corrected chi connectivity index (χ3v) is 2.52. The molecule has 0 aliphatic rings. The highest BCUT2D eigenvalue weighted by Crippen LogP contribution is 2.37. The second-order valence-corrected chi connectivity index (χ2v) is 3.66. The molecule has 4 nitrogen and oxygen atoms in total. The van der Waals surface area contributed by atoms with E-state index >= 15 is 0 Å². The number of benzene rings is 1. The van der Waals surface area contributed by atoms with E-state index < -0.39 is 0 Å². The molecule has 0 unspecified atom stereocenters. The molecule has 0 spiro atoms. The number of nitrogens with two attached hydrogens (primary N) is 1. The number of ether oxygens (including phenoxy) is 2. The van der Waals surface area contributed by atoms with Crippen LogP contribution in [0, 0.1) is 0 Å². The lowest BCUT2D eigenvalue weighted by Crippen LogP contribution is -2.11. The number of aromatic hydroxyl groups is 1. The second-order valence-electron chi connectivity index (χ2n) is 3.66.